The zero-order valence-electron chi connectivity index (χ0n) is 13.7. The van der Waals surface area contributed by atoms with Crippen molar-refractivity contribution in [2.24, 2.45) is 0 Å². The number of nitrogens with one attached hydrogen (secondary N) is 1. The summed E-state index contributed by atoms with van der Waals surface area (Å²) in [6.45, 7) is 1.49. The van der Waals surface area contributed by atoms with Gasteiger partial charge in [0.2, 0.25) is 11.1 Å². The molecule has 0 aliphatic carbocycles. The second-order valence-corrected chi connectivity index (χ2v) is 6.27. The molecular weight excluding hydrogens is 357 g/mol. The van der Waals surface area contributed by atoms with Gasteiger partial charge in [-0.25, -0.2) is 4.39 Å². The number of tetrazole rings is 1. The van der Waals surface area contributed by atoms with Crippen LogP contribution in [0.1, 0.15) is 17.3 Å². The Balaban J connectivity index is 1.65. The first-order valence-electron chi connectivity index (χ1n) is 7.61. The zero-order chi connectivity index (χ0) is 18.5. The van der Waals surface area contributed by atoms with E-state index in [1.807, 2.05) is 0 Å². The summed E-state index contributed by atoms with van der Waals surface area (Å²) in [6, 6.07) is 12.5. The lowest BCUT2D eigenvalue weighted by molar-refractivity contribution is -0.113. The quantitative estimate of drug-likeness (QED) is 0.529. The van der Waals surface area contributed by atoms with Gasteiger partial charge in [0.1, 0.15) is 5.82 Å². The summed E-state index contributed by atoms with van der Waals surface area (Å²) in [4.78, 5) is 23.4. The van der Waals surface area contributed by atoms with E-state index in [4.69, 9.17) is 0 Å². The average Bonchev–Trinajstić information content (AvgIpc) is 3.08. The number of carbonyl (C=O) groups is 2. The normalized spacial score (nSPS) is 10.5. The predicted molar refractivity (Wildman–Crippen MR) is 94.9 cm³/mol. The van der Waals surface area contributed by atoms with Crippen molar-refractivity contribution >= 4 is 29.1 Å². The number of benzene rings is 2. The van der Waals surface area contributed by atoms with Crippen molar-refractivity contribution in [2.75, 3.05) is 11.1 Å². The SMILES string of the molecule is CC(=O)c1ccc(-n2nnnc2SCC(=O)Nc2cccc(F)c2)cc1. The molecule has 0 aliphatic heterocycles. The molecule has 0 atom stereocenters. The molecule has 1 aromatic heterocycles. The van der Waals surface area contributed by atoms with Crippen LogP contribution in [-0.4, -0.2) is 37.7 Å². The maximum atomic E-state index is 13.1. The molecule has 0 saturated carbocycles. The first-order chi connectivity index (χ1) is 12.5. The van der Waals surface area contributed by atoms with Gasteiger partial charge in [0.15, 0.2) is 5.78 Å². The number of hydrogen-bond acceptors (Lipinski definition) is 6. The highest BCUT2D eigenvalue weighted by Crippen LogP contribution is 2.19. The zero-order valence-corrected chi connectivity index (χ0v) is 14.5. The van der Waals surface area contributed by atoms with Gasteiger partial charge in [-0.3, -0.25) is 9.59 Å². The van der Waals surface area contributed by atoms with Crippen LogP contribution in [-0.2, 0) is 4.79 Å². The van der Waals surface area contributed by atoms with Crippen LogP contribution in [0.2, 0.25) is 0 Å². The molecule has 1 amide bonds. The Bertz CT molecular complexity index is 942. The van der Waals surface area contributed by atoms with Gasteiger partial charge in [0.25, 0.3) is 0 Å². The summed E-state index contributed by atoms with van der Waals surface area (Å²) in [5.41, 5.74) is 1.65. The van der Waals surface area contributed by atoms with Crippen molar-refractivity contribution in [3.8, 4) is 5.69 Å². The topological polar surface area (TPSA) is 89.8 Å². The Kier molecular flexibility index (Phi) is 5.37. The Morgan fingerprint density at radius 1 is 1.19 bits per heavy atom. The molecule has 0 bridgehead atoms. The number of hydrogen-bond donors (Lipinski definition) is 1. The largest absolute Gasteiger partial charge is 0.325 e. The second-order valence-electron chi connectivity index (χ2n) is 5.32. The molecular formula is C17H14FN5O2S. The molecule has 3 aromatic rings. The number of Topliss-reactive ketones (excluding diaryl/α,β-unsaturated/α-hetero) is 1. The minimum atomic E-state index is -0.423. The standard InChI is InChI=1S/C17H14FN5O2S/c1-11(24)12-5-7-15(8-6-12)23-17(20-21-22-23)26-10-16(25)19-14-4-2-3-13(18)9-14/h2-9H,10H2,1H3,(H,19,25). The smallest absolute Gasteiger partial charge is 0.234 e. The maximum absolute atomic E-state index is 13.1. The third-order valence-electron chi connectivity index (χ3n) is 3.40. The molecule has 26 heavy (non-hydrogen) atoms. The van der Waals surface area contributed by atoms with E-state index in [0.29, 0.717) is 22.1 Å². The van der Waals surface area contributed by atoms with Crippen molar-refractivity contribution in [3.63, 3.8) is 0 Å². The molecule has 7 nitrogen and oxygen atoms in total. The Morgan fingerprint density at radius 2 is 1.96 bits per heavy atom. The van der Waals surface area contributed by atoms with Crippen molar-refractivity contribution in [2.45, 2.75) is 12.1 Å². The van der Waals surface area contributed by atoms with E-state index >= 15 is 0 Å². The number of thioether (sulfide) groups is 1. The van der Waals surface area contributed by atoms with Gasteiger partial charge in [0, 0.05) is 11.3 Å². The molecule has 0 unspecified atom stereocenters. The Morgan fingerprint density at radius 3 is 2.65 bits per heavy atom. The maximum Gasteiger partial charge on any atom is 0.234 e. The van der Waals surface area contributed by atoms with Crippen LogP contribution < -0.4 is 5.32 Å². The number of nitrogens with zero attached hydrogens (tertiary/aromatic N) is 4. The third-order valence-corrected chi connectivity index (χ3v) is 4.32. The number of anilines is 1. The first kappa shape index (κ1) is 17.7. The lowest BCUT2D eigenvalue weighted by Gasteiger charge is -2.06. The van der Waals surface area contributed by atoms with Crippen LogP contribution >= 0.6 is 11.8 Å². The van der Waals surface area contributed by atoms with E-state index < -0.39 is 5.82 Å². The van der Waals surface area contributed by atoms with Crippen LogP contribution in [0.5, 0.6) is 0 Å². The minimum Gasteiger partial charge on any atom is -0.325 e. The van der Waals surface area contributed by atoms with Gasteiger partial charge in [-0.05, 0) is 59.8 Å². The molecule has 0 spiro atoms. The van der Waals surface area contributed by atoms with Gasteiger partial charge in [-0.2, -0.15) is 4.68 Å². The number of carbonyl (C=O) groups excluding carboxylic acids is 2. The average molecular weight is 371 g/mol. The van der Waals surface area contributed by atoms with E-state index in [9.17, 15) is 14.0 Å². The Hall–Kier alpha value is -3.07. The monoisotopic (exact) mass is 371 g/mol. The van der Waals surface area contributed by atoms with Crippen molar-refractivity contribution in [1.82, 2.24) is 20.2 Å². The molecule has 0 radical (unpaired) electrons. The van der Waals surface area contributed by atoms with Gasteiger partial charge in [-0.1, -0.05) is 17.8 Å². The van der Waals surface area contributed by atoms with Gasteiger partial charge in [0.05, 0.1) is 11.4 Å². The highest BCUT2D eigenvalue weighted by atomic mass is 32.2. The fourth-order valence-corrected chi connectivity index (χ4v) is 2.85. The number of ketones is 1. The first-order valence-corrected chi connectivity index (χ1v) is 8.59. The third kappa shape index (κ3) is 4.31. The highest BCUT2D eigenvalue weighted by Gasteiger charge is 2.12. The molecule has 3 rings (SSSR count). The Labute approximate surface area is 152 Å². The van der Waals surface area contributed by atoms with Crippen LogP contribution in [0.4, 0.5) is 10.1 Å². The highest BCUT2D eigenvalue weighted by molar-refractivity contribution is 7.99. The summed E-state index contributed by atoms with van der Waals surface area (Å²) in [5.74, 6) is -0.699. The second kappa shape index (κ2) is 7.87. The summed E-state index contributed by atoms with van der Waals surface area (Å²) in [6.07, 6.45) is 0. The summed E-state index contributed by atoms with van der Waals surface area (Å²) in [7, 11) is 0. The fourth-order valence-electron chi connectivity index (χ4n) is 2.16. The lowest BCUT2D eigenvalue weighted by Crippen LogP contribution is -2.14. The van der Waals surface area contributed by atoms with E-state index in [2.05, 4.69) is 20.8 Å². The molecule has 2 aromatic carbocycles. The minimum absolute atomic E-state index is 0.0307. The predicted octanol–water partition coefficient (Wildman–Crippen LogP) is 2.73. The van der Waals surface area contributed by atoms with Crippen molar-refractivity contribution in [3.05, 3.63) is 59.9 Å². The molecule has 0 fully saturated rings. The number of halogens is 1. The molecule has 0 aliphatic rings. The number of aromatic nitrogens is 4. The van der Waals surface area contributed by atoms with Crippen molar-refractivity contribution in [1.29, 1.82) is 0 Å². The lowest BCUT2D eigenvalue weighted by atomic mass is 10.1. The number of rotatable bonds is 6. The van der Waals surface area contributed by atoms with E-state index in [1.165, 1.54) is 29.8 Å². The van der Waals surface area contributed by atoms with Gasteiger partial charge in [-0.15, -0.1) is 5.10 Å². The van der Waals surface area contributed by atoms with Crippen molar-refractivity contribution < 1.29 is 14.0 Å². The summed E-state index contributed by atoms with van der Waals surface area (Å²) in [5, 5.41) is 14.5. The molecule has 9 heteroatoms. The number of amides is 1. The van der Waals surface area contributed by atoms with E-state index in [0.717, 1.165) is 11.8 Å². The van der Waals surface area contributed by atoms with Gasteiger partial charge < -0.3 is 5.32 Å². The van der Waals surface area contributed by atoms with Gasteiger partial charge >= 0.3 is 0 Å². The van der Waals surface area contributed by atoms with E-state index in [-0.39, 0.29) is 17.4 Å². The molecule has 0 saturated heterocycles. The summed E-state index contributed by atoms with van der Waals surface area (Å²) >= 11 is 1.14. The molecule has 132 valence electrons. The summed E-state index contributed by atoms with van der Waals surface area (Å²) < 4.78 is 14.6. The molecule has 1 heterocycles. The van der Waals surface area contributed by atoms with E-state index in [1.54, 1.807) is 30.3 Å². The fraction of sp³-hybridized carbons (Fsp3) is 0.118. The van der Waals surface area contributed by atoms with Crippen LogP contribution in [0.15, 0.2) is 53.7 Å². The van der Waals surface area contributed by atoms with Crippen LogP contribution in [0.3, 0.4) is 0 Å². The van der Waals surface area contributed by atoms with Crippen LogP contribution in [0, 0.1) is 5.82 Å². The molecule has 1 N–H and O–H groups in total. The van der Waals surface area contributed by atoms with Crippen LogP contribution in [0.25, 0.3) is 5.69 Å².